The van der Waals surface area contributed by atoms with E-state index in [9.17, 15) is 18.0 Å². The number of hydrogen-bond acceptors (Lipinski definition) is 3. The van der Waals surface area contributed by atoms with Gasteiger partial charge < -0.3 is 5.32 Å². The molecule has 0 aliphatic heterocycles. The van der Waals surface area contributed by atoms with Crippen molar-refractivity contribution in [1.29, 1.82) is 0 Å². The lowest BCUT2D eigenvalue weighted by Gasteiger charge is -2.10. The topological polar surface area (TPSA) is 59.8 Å². The predicted octanol–water partition coefficient (Wildman–Crippen LogP) is 4.69. The summed E-state index contributed by atoms with van der Waals surface area (Å²) in [6.07, 6.45) is -0.936. The van der Waals surface area contributed by atoms with Crippen LogP contribution in [0.4, 0.5) is 18.9 Å². The van der Waals surface area contributed by atoms with E-state index in [1.54, 1.807) is 42.5 Å². The third-order valence-corrected chi connectivity index (χ3v) is 4.19. The minimum atomic E-state index is -4.50. The third-order valence-electron chi connectivity index (χ3n) is 4.19. The zero-order valence-corrected chi connectivity index (χ0v) is 14.3. The van der Waals surface area contributed by atoms with Crippen LogP contribution in [-0.2, 0) is 6.18 Å². The van der Waals surface area contributed by atoms with Crippen LogP contribution in [0.3, 0.4) is 0 Å². The highest BCUT2D eigenvalue weighted by Gasteiger charge is 2.31. The number of amides is 1. The van der Waals surface area contributed by atoms with Crippen LogP contribution in [0, 0.1) is 0 Å². The van der Waals surface area contributed by atoms with Crippen molar-refractivity contribution in [2.24, 2.45) is 0 Å². The number of fused-ring (bicyclic) bond motifs is 1. The number of carbonyl (C=O) groups is 1. The highest BCUT2D eigenvalue weighted by atomic mass is 19.4. The molecule has 0 atom stereocenters. The first-order valence-electron chi connectivity index (χ1n) is 8.29. The molecule has 0 radical (unpaired) electrons. The van der Waals surface area contributed by atoms with Crippen LogP contribution in [0.5, 0.6) is 0 Å². The Hall–Kier alpha value is -3.68. The van der Waals surface area contributed by atoms with E-state index in [1.165, 1.54) is 17.1 Å². The third kappa shape index (κ3) is 3.32. The molecule has 5 nitrogen and oxygen atoms in total. The van der Waals surface area contributed by atoms with Crippen LogP contribution in [0.1, 0.15) is 15.9 Å². The second kappa shape index (κ2) is 6.80. The molecule has 0 fully saturated rings. The number of nitrogens with one attached hydrogen (secondary N) is 1. The van der Waals surface area contributed by atoms with Crippen molar-refractivity contribution in [2.75, 3.05) is 5.32 Å². The zero-order valence-electron chi connectivity index (χ0n) is 14.3. The molecule has 140 valence electrons. The smallest absolute Gasteiger partial charge is 0.321 e. The Morgan fingerprint density at radius 2 is 1.75 bits per heavy atom. The van der Waals surface area contributed by atoms with E-state index in [0.717, 1.165) is 12.3 Å². The van der Waals surface area contributed by atoms with Crippen LogP contribution in [0.15, 0.2) is 73.2 Å². The van der Waals surface area contributed by atoms with E-state index >= 15 is 0 Å². The molecule has 0 aliphatic rings. The van der Waals surface area contributed by atoms with Crippen LogP contribution >= 0.6 is 0 Å². The second-order valence-corrected chi connectivity index (χ2v) is 6.04. The Labute approximate surface area is 157 Å². The van der Waals surface area contributed by atoms with Gasteiger partial charge in [-0.15, -0.1) is 0 Å². The van der Waals surface area contributed by atoms with Crippen LogP contribution in [0.2, 0.25) is 0 Å². The Morgan fingerprint density at radius 3 is 2.50 bits per heavy atom. The maximum Gasteiger partial charge on any atom is 0.417 e. The maximum absolute atomic E-state index is 13.0. The molecule has 0 saturated heterocycles. The van der Waals surface area contributed by atoms with Gasteiger partial charge in [0.2, 0.25) is 0 Å². The minimum Gasteiger partial charge on any atom is -0.321 e. The first-order valence-corrected chi connectivity index (χ1v) is 8.29. The van der Waals surface area contributed by atoms with Crippen molar-refractivity contribution in [3.05, 3.63) is 84.3 Å². The maximum atomic E-state index is 13.0. The molecule has 0 unspecified atom stereocenters. The average Bonchev–Trinajstić information content (AvgIpc) is 3.13. The molecule has 0 spiro atoms. The van der Waals surface area contributed by atoms with Gasteiger partial charge in [0.1, 0.15) is 0 Å². The number of anilines is 1. The van der Waals surface area contributed by atoms with Gasteiger partial charge in [-0.05, 0) is 30.3 Å². The van der Waals surface area contributed by atoms with Crippen LogP contribution in [0.25, 0.3) is 16.6 Å². The number of benzene rings is 2. The van der Waals surface area contributed by atoms with E-state index in [0.29, 0.717) is 22.2 Å². The minimum absolute atomic E-state index is 0.177. The number of carbonyl (C=O) groups excluding carboxylic acids is 1. The molecule has 4 aromatic rings. The van der Waals surface area contributed by atoms with Gasteiger partial charge in [0.25, 0.3) is 5.91 Å². The van der Waals surface area contributed by atoms with Crippen LogP contribution < -0.4 is 5.32 Å². The highest BCUT2D eigenvalue weighted by Crippen LogP contribution is 2.31. The molecule has 28 heavy (non-hydrogen) atoms. The average molecular weight is 382 g/mol. The number of nitrogens with zero attached hydrogens (tertiary/aromatic N) is 3. The summed E-state index contributed by atoms with van der Waals surface area (Å²) in [6, 6.07) is 14.8. The van der Waals surface area contributed by atoms with E-state index in [4.69, 9.17) is 0 Å². The Morgan fingerprint density at radius 1 is 0.964 bits per heavy atom. The fourth-order valence-corrected chi connectivity index (χ4v) is 2.85. The Balaban J connectivity index is 1.73. The van der Waals surface area contributed by atoms with Gasteiger partial charge in [-0.3, -0.25) is 9.78 Å². The lowest BCUT2D eigenvalue weighted by atomic mass is 10.2. The number of hydrogen-bond donors (Lipinski definition) is 1. The SMILES string of the molecule is O=C(Nc1cccc2c1cnn2-c1cncc(C(F)(F)F)c1)c1ccccc1. The molecule has 0 bridgehead atoms. The number of pyridine rings is 1. The van der Waals surface area contributed by atoms with Crippen molar-refractivity contribution >= 4 is 22.5 Å². The Kier molecular flexibility index (Phi) is 4.31. The summed E-state index contributed by atoms with van der Waals surface area (Å²) < 4.78 is 40.3. The quantitative estimate of drug-likeness (QED) is 0.559. The first-order chi connectivity index (χ1) is 13.4. The van der Waals surface area contributed by atoms with Gasteiger partial charge in [0, 0.05) is 17.1 Å². The van der Waals surface area contributed by atoms with Crippen molar-refractivity contribution in [2.45, 2.75) is 6.18 Å². The van der Waals surface area contributed by atoms with Gasteiger partial charge in [0.05, 0.1) is 34.8 Å². The lowest BCUT2D eigenvalue weighted by molar-refractivity contribution is -0.137. The molecule has 2 aromatic heterocycles. The molecule has 4 rings (SSSR count). The molecular weight excluding hydrogens is 369 g/mol. The van der Waals surface area contributed by atoms with Crippen molar-refractivity contribution in [3.63, 3.8) is 0 Å². The molecule has 1 N–H and O–H groups in total. The molecule has 0 aliphatic carbocycles. The monoisotopic (exact) mass is 382 g/mol. The summed E-state index contributed by atoms with van der Waals surface area (Å²) in [4.78, 5) is 16.1. The van der Waals surface area contributed by atoms with Gasteiger partial charge in [-0.25, -0.2) is 4.68 Å². The summed E-state index contributed by atoms with van der Waals surface area (Å²) in [5.41, 5.74) is 0.872. The van der Waals surface area contributed by atoms with E-state index in [-0.39, 0.29) is 11.6 Å². The van der Waals surface area contributed by atoms with Crippen molar-refractivity contribution in [3.8, 4) is 5.69 Å². The van der Waals surface area contributed by atoms with E-state index in [2.05, 4.69) is 15.4 Å². The fraction of sp³-hybridized carbons (Fsp3) is 0.0500. The summed E-state index contributed by atoms with van der Waals surface area (Å²) in [7, 11) is 0. The lowest BCUT2D eigenvalue weighted by Crippen LogP contribution is -2.11. The first kappa shape index (κ1) is 17.7. The summed E-state index contributed by atoms with van der Waals surface area (Å²) >= 11 is 0. The normalized spacial score (nSPS) is 11.5. The highest BCUT2D eigenvalue weighted by molar-refractivity contribution is 6.08. The van der Waals surface area contributed by atoms with Gasteiger partial charge in [-0.2, -0.15) is 18.3 Å². The van der Waals surface area contributed by atoms with Crippen molar-refractivity contribution < 1.29 is 18.0 Å². The molecular formula is C20H13F3N4O. The molecule has 8 heteroatoms. The van der Waals surface area contributed by atoms with Gasteiger partial charge in [0.15, 0.2) is 0 Å². The summed E-state index contributed by atoms with van der Waals surface area (Å²) in [5.74, 6) is -0.290. The van der Waals surface area contributed by atoms with Crippen molar-refractivity contribution in [1.82, 2.24) is 14.8 Å². The summed E-state index contributed by atoms with van der Waals surface area (Å²) in [6.45, 7) is 0. The van der Waals surface area contributed by atoms with E-state index < -0.39 is 11.7 Å². The molecule has 2 heterocycles. The Bertz CT molecular complexity index is 1150. The number of aromatic nitrogens is 3. The van der Waals surface area contributed by atoms with E-state index in [1.807, 2.05) is 6.07 Å². The van der Waals surface area contributed by atoms with Gasteiger partial charge >= 0.3 is 6.18 Å². The summed E-state index contributed by atoms with van der Waals surface area (Å²) in [5, 5.41) is 7.60. The number of alkyl halides is 3. The zero-order chi connectivity index (χ0) is 19.7. The van der Waals surface area contributed by atoms with Gasteiger partial charge in [-0.1, -0.05) is 24.3 Å². The number of halogens is 3. The largest absolute Gasteiger partial charge is 0.417 e. The van der Waals surface area contributed by atoms with Crippen LogP contribution in [-0.4, -0.2) is 20.7 Å². The molecule has 0 saturated carbocycles. The number of rotatable bonds is 3. The standard InChI is InChI=1S/C20H13F3N4O/c21-20(22,23)14-9-15(11-24-10-14)27-18-8-4-7-17(16(18)12-25-27)26-19(28)13-5-2-1-3-6-13/h1-12H,(H,26,28). The predicted molar refractivity (Wildman–Crippen MR) is 98.3 cm³/mol. The molecule has 2 aromatic carbocycles. The fourth-order valence-electron chi connectivity index (χ4n) is 2.85. The molecule has 1 amide bonds. The second-order valence-electron chi connectivity index (χ2n) is 6.04.